The minimum absolute atomic E-state index is 0.0579. The van der Waals surface area contributed by atoms with Gasteiger partial charge in [0.25, 0.3) is 11.5 Å². The van der Waals surface area contributed by atoms with Crippen LogP contribution in [0.4, 0.5) is 10.9 Å². The zero-order valence-electron chi connectivity index (χ0n) is 22.3. The molecule has 0 aromatic carbocycles. The highest BCUT2D eigenvalue weighted by molar-refractivity contribution is 7.14. The Hall–Kier alpha value is -4.50. The smallest absolute Gasteiger partial charge is 0.267 e. The number of nitrogens with zero attached hydrogens (tertiary/aromatic N) is 8. The van der Waals surface area contributed by atoms with E-state index >= 15 is 0 Å². The van der Waals surface area contributed by atoms with Gasteiger partial charge >= 0.3 is 0 Å². The number of tetrazole rings is 1. The van der Waals surface area contributed by atoms with Gasteiger partial charge < -0.3 is 15.5 Å². The van der Waals surface area contributed by atoms with Crippen LogP contribution in [-0.4, -0.2) is 84.4 Å². The topological polar surface area (TPSA) is 180 Å². The number of aromatic nitrogens is 7. The van der Waals surface area contributed by atoms with Crippen molar-refractivity contribution >= 4 is 51.9 Å². The van der Waals surface area contributed by atoms with E-state index in [0.29, 0.717) is 59.7 Å². The molecule has 4 aromatic heterocycles. The van der Waals surface area contributed by atoms with E-state index in [2.05, 4.69) is 51.7 Å². The first-order valence-electron chi connectivity index (χ1n) is 12.6. The van der Waals surface area contributed by atoms with Gasteiger partial charge in [-0.3, -0.25) is 24.1 Å². The number of nitrogens with two attached hydrogens (primary N) is 1. The van der Waals surface area contributed by atoms with Gasteiger partial charge in [0.05, 0.1) is 17.8 Å². The first-order valence-corrected chi connectivity index (χ1v) is 13.5. The number of nitrogens with one attached hydrogen (secondary N) is 2. The van der Waals surface area contributed by atoms with Crippen LogP contribution in [0.25, 0.3) is 17.8 Å². The summed E-state index contributed by atoms with van der Waals surface area (Å²) in [5.74, 6) is 0.242. The summed E-state index contributed by atoms with van der Waals surface area (Å²) in [4.78, 5) is 51.7. The highest BCUT2D eigenvalue weighted by atomic mass is 32.1. The van der Waals surface area contributed by atoms with E-state index in [1.54, 1.807) is 29.2 Å². The molecule has 0 spiro atoms. The van der Waals surface area contributed by atoms with Crippen molar-refractivity contribution < 1.29 is 9.59 Å². The number of piperazine rings is 1. The minimum atomic E-state index is -0.358. The summed E-state index contributed by atoms with van der Waals surface area (Å²) in [7, 11) is 0. The Morgan fingerprint density at radius 2 is 1.95 bits per heavy atom. The molecule has 0 bridgehead atoms. The zero-order chi connectivity index (χ0) is 28.4. The Labute approximate surface area is 232 Å². The van der Waals surface area contributed by atoms with Crippen LogP contribution in [0.5, 0.6) is 0 Å². The van der Waals surface area contributed by atoms with E-state index < -0.39 is 0 Å². The monoisotopic (exact) mass is 563 g/mol. The Morgan fingerprint density at radius 1 is 1.18 bits per heavy atom. The molecule has 15 heteroatoms. The number of aromatic amines is 1. The van der Waals surface area contributed by atoms with Crippen LogP contribution in [0.1, 0.15) is 48.2 Å². The Bertz CT molecular complexity index is 1630. The summed E-state index contributed by atoms with van der Waals surface area (Å²) in [5, 5.41) is 19.0. The van der Waals surface area contributed by atoms with Gasteiger partial charge in [-0.1, -0.05) is 20.8 Å². The quantitative estimate of drug-likeness (QED) is 0.306. The van der Waals surface area contributed by atoms with Gasteiger partial charge in [-0.15, -0.1) is 21.5 Å². The molecule has 2 amide bonds. The van der Waals surface area contributed by atoms with Crippen LogP contribution in [0.3, 0.4) is 0 Å². The van der Waals surface area contributed by atoms with E-state index in [1.807, 2.05) is 10.3 Å². The maximum Gasteiger partial charge on any atom is 0.267 e. The van der Waals surface area contributed by atoms with Crippen molar-refractivity contribution in [1.82, 2.24) is 39.9 Å². The van der Waals surface area contributed by atoms with Crippen LogP contribution < -0.4 is 21.5 Å². The Kier molecular flexibility index (Phi) is 7.40. The van der Waals surface area contributed by atoms with Gasteiger partial charge in [-0.05, 0) is 29.5 Å². The van der Waals surface area contributed by atoms with Crippen LogP contribution >= 0.6 is 11.3 Å². The van der Waals surface area contributed by atoms with Crippen LogP contribution in [0.15, 0.2) is 28.5 Å². The maximum atomic E-state index is 13.6. The molecule has 0 aliphatic carbocycles. The van der Waals surface area contributed by atoms with Crippen molar-refractivity contribution in [3.63, 3.8) is 0 Å². The van der Waals surface area contributed by atoms with Gasteiger partial charge in [-0.25, -0.2) is 9.97 Å². The number of rotatable bonds is 6. The molecule has 4 N–H and O–H groups in total. The summed E-state index contributed by atoms with van der Waals surface area (Å²) in [6.45, 7) is 7.90. The fourth-order valence-electron chi connectivity index (χ4n) is 4.21. The molecule has 1 aliphatic heterocycles. The lowest BCUT2D eigenvalue weighted by molar-refractivity contribution is -0.129. The normalized spacial score (nSPS) is 14.3. The molecule has 0 atom stereocenters. The number of hydrogen-bond donors (Lipinski definition) is 3. The summed E-state index contributed by atoms with van der Waals surface area (Å²) < 4.78 is 1.38. The fourth-order valence-corrected chi connectivity index (χ4v) is 5.14. The van der Waals surface area contributed by atoms with Crippen molar-refractivity contribution in [1.29, 1.82) is 0 Å². The van der Waals surface area contributed by atoms with E-state index in [9.17, 15) is 14.4 Å². The molecule has 1 aliphatic rings. The second kappa shape index (κ2) is 10.9. The van der Waals surface area contributed by atoms with E-state index in [4.69, 9.17) is 10.7 Å². The lowest BCUT2D eigenvalue weighted by atomic mass is 9.93. The lowest BCUT2D eigenvalue weighted by Gasteiger charge is -2.35. The van der Waals surface area contributed by atoms with Crippen LogP contribution in [0, 0.1) is 0 Å². The summed E-state index contributed by atoms with van der Waals surface area (Å²) in [5.41, 5.74) is 6.90. The molecule has 1 saturated heterocycles. The Morgan fingerprint density at radius 3 is 2.60 bits per heavy atom. The minimum Gasteiger partial charge on any atom is -0.352 e. The average molecular weight is 564 g/mol. The highest BCUT2D eigenvalue weighted by Gasteiger charge is 2.25. The predicted octanol–water partition coefficient (Wildman–Crippen LogP) is 0.992. The number of thiazole rings is 1. The number of carbonyl (C=O) groups excluding carboxylic acids is 2. The number of carbonyl (C=O) groups is 2. The molecular weight excluding hydrogens is 534 g/mol. The maximum absolute atomic E-state index is 13.6. The van der Waals surface area contributed by atoms with Crippen molar-refractivity contribution in [2.24, 2.45) is 5.73 Å². The van der Waals surface area contributed by atoms with Gasteiger partial charge in [0.1, 0.15) is 11.5 Å². The molecule has 5 heterocycles. The molecule has 0 saturated carbocycles. The molecule has 208 valence electrons. The first-order chi connectivity index (χ1) is 19.1. The van der Waals surface area contributed by atoms with Crippen LogP contribution in [0.2, 0.25) is 0 Å². The van der Waals surface area contributed by atoms with E-state index in [1.165, 1.54) is 21.9 Å². The third-order valence-electron chi connectivity index (χ3n) is 6.47. The Balaban J connectivity index is 1.49. The van der Waals surface area contributed by atoms with E-state index in [0.717, 1.165) is 5.69 Å². The molecule has 4 aromatic rings. The van der Waals surface area contributed by atoms with Crippen molar-refractivity contribution in [2.45, 2.75) is 26.2 Å². The summed E-state index contributed by atoms with van der Waals surface area (Å²) >= 11 is 1.36. The fraction of sp³-hybridized carbons (Fsp3) is 0.360. The van der Waals surface area contributed by atoms with E-state index in [-0.39, 0.29) is 29.3 Å². The van der Waals surface area contributed by atoms with Gasteiger partial charge in [0, 0.05) is 48.7 Å². The third-order valence-corrected chi connectivity index (χ3v) is 7.23. The second-order valence-corrected chi connectivity index (χ2v) is 11.1. The lowest BCUT2D eigenvalue weighted by Crippen LogP contribution is -2.51. The number of fused-ring (bicyclic) bond motifs is 1. The molecule has 40 heavy (non-hydrogen) atoms. The molecule has 0 unspecified atom stereocenters. The number of anilines is 2. The SMILES string of the molecule is CC(C)(C)c1csc(NC(=O)c2ccn3c(=O)c(/C=C/c4nn[nH]n4)c(N4CCN(C(=O)CN)CC4)nc3c2)n1. The third kappa shape index (κ3) is 5.60. The molecule has 5 rings (SSSR count). The predicted molar refractivity (Wildman–Crippen MR) is 151 cm³/mol. The molecule has 14 nitrogen and oxygen atoms in total. The average Bonchev–Trinajstić information content (AvgIpc) is 3.64. The molecule has 1 fully saturated rings. The highest BCUT2D eigenvalue weighted by Crippen LogP contribution is 2.27. The van der Waals surface area contributed by atoms with Crippen molar-refractivity contribution in [2.75, 3.05) is 42.9 Å². The van der Waals surface area contributed by atoms with Crippen molar-refractivity contribution in [3.05, 3.63) is 56.7 Å². The number of amides is 2. The summed E-state index contributed by atoms with van der Waals surface area (Å²) in [6.07, 6.45) is 4.68. The largest absolute Gasteiger partial charge is 0.352 e. The number of pyridine rings is 1. The summed E-state index contributed by atoms with van der Waals surface area (Å²) in [6, 6.07) is 3.13. The van der Waals surface area contributed by atoms with Crippen LogP contribution in [-0.2, 0) is 10.2 Å². The van der Waals surface area contributed by atoms with Crippen molar-refractivity contribution in [3.8, 4) is 0 Å². The zero-order valence-corrected chi connectivity index (χ0v) is 23.1. The number of H-pyrrole nitrogens is 1. The van der Waals surface area contributed by atoms with Gasteiger partial charge in [-0.2, -0.15) is 5.21 Å². The van der Waals surface area contributed by atoms with Gasteiger partial charge in [0.15, 0.2) is 11.0 Å². The second-order valence-electron chi connectivity index (χ2n) is 10.2. The van der Waals surface area contributed by atoms with Gasteiger partial charge in [0.2, 0.25) is 5.91 Å². The standard InChI is InChI=1S/C25H29N11O3S/c1-25(2,3)17-14-40-24(27-17)29-22(38)15-6-7-36-19(12-15)28-21(35-10-8-34(9-11-35)20(37)13-26)16(23(36)39)4-5-18-30-32-33-31-18/h4-7,12,14H,8-11,13,26H2,1-3H3,(H,27,29,38)(H,30,31,32,33)/b5-4+. The molecule has 0 radical (unpaired) electrons. The first kappa shape index (κ1) is 27.1. The molecular formula is C25H29N11O3S. The number of hydrogen-bond acceptors (Lipinski definition) is 11.